The summed E-state index contributed by atoms with van der Waals surface area (Å²) in [4.78, 5) is 55.6. The summed E-state index contributed by atoms with van der Waals surface area (Å²) in [6.45, 7) is 6.24. The van der Waals surface area contributed by atoms with E-state index in [1.54, 1.807) is 6.92 Å². The van der Waals surface area contributed by atoms with Crippen LogP contribution in [-0.4, -0.2) is 48.2 Å². The van der Waals surface area contributed by atoms with Gasteiger partial charge in [0.25, 0.3) is 5.56 Å². The fourth-order valence-electron chi connectivity index (χ4n) is 3.54. The molecule has 3 N–H and O–H groups in total. The van der Waals surface area contributed by atoms with Gasteiger partial charge in [-0.05, 0) is 37.1 Å². The van der Waals surface area contributed by atoms with Crippen molar-refractivity contribution in [3.63, 3.8) is 0 Å². The maximum atomic E-state index is 13.2. The summed E-state index contributed by atoms with van der Waals surface area (Å²) in [5.74, 6) is -1.34. The molecule has 2 rings (SSSR count). The molecule has 0 atom stereocenters. The second kappa shape index (κ2) is 12.1. The molecule has 186 valence electrons. The summed E-state index contributed by atoms with van der Waals surface area (Å²) in [6.07, 6.45) is -0.348. The number of amides is 2. The van der Waals surface area contributed by atoms with Crippen molar-refractivity contribution in [3.8, 4) is 0 Å². The van der Waals surface area contributed by atoms with Gasteiger partial charge in [-0.1, -0.05) is 13.8 Å². The third kappa shape index (κ3) is 6.53. The Labute approximate surface area is 197 Å². The zero-order valence-electron chi connectivity index (χ0n) is 20.0. The summed E-state index contributed by atoms with van der Waals surface area (Å²) in [5, 5.41) is 0. The molecular weight excluding hydrogens is 445 g/mol. The molecule has 34 heavy (non-hydrogen) atoms. The summed E-state index contributed by atoms with van der Waals surface area (Å²) in [6, 6.07) is 5.48. The first-order valence-electron chi connectivity index (χ1n) is 11.1. The Balaban J connectivity index is 2.29. The molecule has 0 saturated carbocycles. The number of aromatic nitrogens is 2. The number of halogens is 1. The molecule has 1 aromatic carbocycles. The molecule has 2 amide bonds. The summed E-state index contributed by atoms with van der Waals surface area (Å²) in [5.41, 5.74) is 5.07. The second-order valence-electron chi connectivity index (χ2n) is 8.15. The van der Waals surface area contributed by atoms with E-state index in [2.05, 4.69) is 4.98 Å². The van der Waals surface area contributed by atoms with E-state index in [4.69, 9.17) is 10.5 Å². The molecule has 2 aromatic rings. The minimum atomic E-state index is -0.792. The minimum absolute atomic E-state index is 0.00609. The predicted molar refractivity (Wildman–Crippen MR) is 128 cm³/mol. The van der Waals surface area contributed by atoms with E-state index in [0.717, 1.165) is 4.90 Å². The van der Waals surface area contributed by atoms with Gasteiger partial charge in [0.1, 0.15) is 11.6 Å². The Morgan fingerprint density at radius 2 is 1.71 bits per heavy atom. The molecule has 0 aliphatic rings. The van der Waals surface area contributed by atoms with E-state index < -0.39 is 23.0 Å². The highest BCUT2D eigenvalue weighted by Gasteiger charge is 2.25. The fraction of sp³-hybridized carbons (Fsp3) is 0.478. The predicted octanol–water partition coefficient (Wildman–Crippen LogP) is 1.73. The standard InChI is InChI=1S/C23H32FN5O5/c1-5-27(17-8-6-16(24)7-9-17)18(30)10-11-19(31)28(12-13-34-4)20-21(25)29(14-15(2)3)23(33)26-22(20)32/h6-9,15H,5,10-14,25H2,1-4H3,(H,26,32,33). The van der Waals surface area contributed by atoms with Crippen LogP contribution in [0.4, 0.5) is 21.6 Å². The number of rotatable bonds is 11. The summed E-state index contributed by atoms with van der Waals surface area (Å²) >= 11 is 0. The van der Waals surface area contributed by atoms with E-state index in [-0.39, 0.29) is 55.9 Å². The van der Waals surface area contributed by atoms with Gasteiger partial charge in [0.2, 0.25) is 11.8 Å². The van der Waals surface area contributed by atoms with Gasteiger partial charge in [0, 0.05) is 45.3 Å². The number of carbonyl (C=O) groups is 2. The molecule has 0 bridgehead atoms. The number of hydrogen-bond acceptors (Lipinski definition) is 6. The Morgan fingerprint density at radius 1 is 1.12 bits per heavy atom. The van der Waals surface area contributed by atoms with Gasteiger partial charge >= 0.3 is 5.69 Å². The lowest BCUT2D eigenvalue weighted by molar-refractivity contribution is -0.123. The normalized spacial score (nSPS) is 11.0. The Kier molecular flexibility index (Phi) is 9.55. The highest BCUT2D eigenvalue weighted by molar-refractivity contribution is 6.00. The lowest BCUT2D eigenvalue weighted by Crippen LogP contribution is -2.43. The lowest BCUT2D eigenvalue weighted by Gasteiger charge is -2.25. The van der Waals surface area contributed by atoms with Gasteiger partial charge in [-0.15, -0.1) is 0 Å². The van der Waals surface area contributed by atoms with Crippen LogP contribution in [0.25, 0.3) is 0 Å². The average Bonchev–Trinajstić information content (AvgIpc) is 2.78. The smallest absolute Gasteiger partial charge is 0.330 e. The van der Waals surface area contributed by atoms with E-state index in [9.17, 15) is 23.6 Å². The quantitative estimate of drug-likeness (QED) is 0.507. The van der Waals surface area contributed by atoms with E-state index in [1.165, 1.54) is 40.8 Å². The third-order valence-corrected chi connectivity index (χ3v) is 5.16. The highest BCUT2D eigenvalue weighted by atomic mass is 19.1. The first kappa shape index (κ1) is 26.8. The molecule has 1 heterocycles. The number of benzene rings is 1. The Morgan fingerprint density at radius 3 is 2.24 bits per heavy atom. The van der Waals surface area contributed by atoms with Gasteiger partial charge in [0.15, 0.2) is 5.69 Å². The molecule has 0 aliphatic heterocycles. The zero-order chi connectivity index (χ0) is 25.4. The number of ether oxygens (including phenoxy) is 1. The summed E-state index contributed by atoms with van der Waals surface area (Å²) < 4.78 is 19.5. The zero-order valence-corrected chi connectivity index (χ0v) is 20.0. The van der Waals surface area contributed by atoms with Crippen LogP contribution in [0, 0.1) is 11.7 Å². The van der Waals surface area contributed by atoms with Crippen molar-refractivity contribution in [2.24, 2.45) is 5.92 Å². The number of H-pyrrole nitrogens is 1. The number of methoxy groups -OCH3 is 1. The number of nitrogens with two attached hydrogens (primary N) is 1. The molecular formula is C23H32FN5O5. The lowest BCUT2D eigenvalue weighted by atomic mass is 10.2. The molecule has 0 aliphatic carbocycles. The molecule has 0 saturated heterocycles. The fourth-order valence-corrected chi connectivity index (χ4v) is 3.54. The first-order chi connectivity index (χ1) is 16.1. The monoisotopic (exact) mass is 477 g/mol. The van der Waals surface area contributed by atoms with Crippen molar-refractivity contribution < 1.29 is 18.7 Å². The van der Waals surface area contributed by atoms with Crippen LogP contribution < -0.4 is 26.8 Å². The van der Waals surface area contributed by atoms with Crippen LogP contribution >= 0.6 is 0 Å². The van der Waals surface area contributed by atoms with Crippen molar-refractivity contribution in [1.82, 2.24) is 9.55 Å². The number of nitrogens with zero attached hydrogens (tertiary/aromatic N) is 3. The van der Waals surface area contributed by atoms with Crippen LogP contribution in [-0.2, 0) is 20.9 Å². The number of hydrogen-bond donors (Lipinski definition) is 2. The Hall–Kier alpha value is -3.47. The van der Waals surface area contributed by atoms with Crippen LogP contribution in [0.5, 0.6) is 0 Å². The molecule has 0 fully saturated rings. The van der Waals surface area contributed by atoms with Gasteiger partial charge < -0.3 is 20.3 Å². The Bertz CT molecular complexity index is 1110. The molecule has 0 radical (unpaired) electrons. The molecule has 10 nitrogen and oxygen atoms in total. The summed E-state index contributed by atoms with van der Waals surface area (Å²) in [7, 11) is 1.45. The van der Waals surface area contributed by atoms with Crippen molar-refractivity contribution in [1.29, 1.82) is 0 Å². The van der Waals surface area contributed by atoms with E-state index >= 15 is 0 Å². The largest absolute Gasteiger partial charge is 0.383 e. The highest BCUT2D eigenvalue weighted by Crippen LogP contribution is 2.20. The molecule has 11 heteroatoms. The minimum Gasteiger partial charge on any atom is -0.383 e. The van der Waals surface area contributed by atoms with Crippen molar-refractivity contribution in [2.75, 3.05) is 42.3 Å². The maximum Gasteiger partial charge on any atom is 0.330 e. The van der Waals surface area contributed by atoms with Gasteiger partial charge in [0.05, 0.1) is 6.61 Å². The molecule has 0 spiro atoms. The SMILES string of the molecule is CCN(C(=O)CCC(=O)N(CCOC)c1c(N)n(CC(C)C)c(=O)[nH]c1=O)c1ccc(F)cc1. The number of nitrogens with one attached hydrogen (secondary N) is 1. The number of nitrogen functional groups attached to an aromatic ring is 1. The van der Waals surface area contributed by atoms with Gasteiger partial charge in [-0.25, -0.2) is 9.18 Å². The third-order valence-electron chi connectivity index (χ3n) is 5.16. The van der Waals surface area contributed by atoms with Crippen LogP contribution in [0.1, 0.15) is 33.6 Å². The second-order valence-corrected chi connectivity index (χ2v) is 8.15. The average molecular weight is 478 g/mol. The number of aromatic amines is 1. The number of carbonyl (C=O) groups excluding carboxylic acids is 2. The van der Waals surface area contributed by atoms with Gasteiger partial charge in [-0.3, -0.25) is 23.9 Å². The van der Waals surface area contributed by atoms with Crippen LogP contribution in [0.2, 0.25) is 0 Å². The van der Waals surface area contributed by atoms with Gasteiger partial charge in [-0.2, -0.15) is 0 Å². The van der Waals surface area contributed by atoms with Crippen molar-refractivity contribution in [2.45, 2.75) is 40.2 Å². The van der Waals surface area contributed by atoms with Crippen molar-refractivity contribution >= 4 is 29.0 Å². The number of anilines is 3. The maximum absolute atomic E-state index is 13.2. The van der Waals surface area contributed by atoms with E-state index in [0.29, 0.717) is 12.2 Å². The van der Waals surface area contributed by atoms with Crippen molar-refractivity contribution in [3.05, 3.63) is 50.9 Å². The first-order valence-corrected chi connectivity index (χ1v) is 11.1. The topological polar surface area (TPSA) is 131 Å². The van der Waals surface area contributed by atoms with Crippen LogP contribution in [0.15, 0.2) is 33.9 Å². The molecule has 1 aromatic heterocycles. The molecule has 0 unspecified atom stereocenters. The van der Waals surface area contributed by atoms with Crippen LogP contribution in [0.3, 0.4) is 0 Å². The van der Waals surface area contributed by atoms with E-state index in [1.807, 2.05) is 13.8 Å².